The second-order valence-corrected chi connectivity index (χ2v) is 6.05. The fourth-order valence-electron chi connectivity index (χ4n) is 3.51. The van der Waals surface area contributed by atoms with Gasteiger partial charge in [-0.25, -0.2) is 0 Å². The molecule has 3 heteroatoms. The van der Waals surface area contributed by atoms with Crippen molar-refractivity contribution in [3.8, 4) is 5.75 Å². The van der Waals surface area contributed by atoms with E-state index in [4.69, 9.17) is 9.47 Å². The lowest BCUT2D eigenvalue weighted by Gasteiger charge is -2.41. The third-order valence-corrected chi connectivity index (χ3v) is 4.80. The van der Waals surface area contributed by atoms with E-state index < -0.39 is 0 Å². The molecule has 2 fully saturated rings. The number of methoxy groups -OCH3 is 1. The van der Waals surface area contributed by atoms with Gasteiger partial charge in [0.05, 0.1) is 19.3 Å². The predicted molar refractivity (Wildman–Crippen MR) is 73.4 cm³/mol. The number of morpholine rings is 1. The van der Waals surface area contributed by atoms with Crippen LogP contribution in [0.5, 0.6) is 5.75 Å². The molecule has 3 aliphatic rings. The first kappa shape index (κ1) is 11.7. The van der Waals surface area contributed by atoms with Crippen LogP contribution in [-0.4, -0.2) is 25.8 Å². The summed E-state index contributed by atoms with van der Waals surface area (Å²) in [6, 6.07) is 6.93. The van der Waals surface area contributed by atoms with Crippen LogP contribution in [0.3, 0.4) is 0 Å². The zero-order chi connectivity index (χ0) is 12.8. The highest BCUT2D eigenvalue weighted by molar-refractivity contribution is 5.39. The molecular formula is C16H21NO2. The molecule has 0 bridgehead atoms. The molecule has 2 aliphatic carbocycles. The predicted octanol–water partition coefficient (Wildman–Crippen LogP) is 2.45. The van der Waals surface area contributed by atoms with Crippen molar-refractivity contribution in [1.82, 2.24) is 5.32 Å². The van der Waals surface area contributed by atoms with Gasteiger partial charge in [-0.05, 0) is 54.9 Å². The average molecular weight is 259 g/mol. The van der Waals surface area contributed by atoms with E-state index in [1.54, 1.807) is 7.11 Å². The number of hydrogen-bond donors (Lipinski definition) is 1. The molecule has 0 amide bonds. The summed E-state index contributed by atoms with van der Waals surface area (Å²) < 4.78 is 11.7. The van der Waals surface area contributed by atoms with Crippen LogP contribution >= 0.6 is 0 Å². The summed E-state index contributed by atoms with van der Waals surface area (Å²) in [4.78, 5) is 0. The summed E-state index contributed by atoms with van der Waals surface area (Å²) in [5.74, 6) is 1.76. The van der Waals surface area contributed by atoms with Gasteiger partial charge in [-0.15, -0.1) is 0 Å². The summed E-state index contributed by atoms with van der Waals surface area (Å²) in [5.41, 5.74) is 2.77. The van der Waals surface area contributed by atoms with Crippen molar-refractivity contribution in [3.05, 3.63) is 29.3 Å². The Labute approximate surface area is 114 Å². The van der Waals surface area contributed by atoms with Gasteiger partial charge in [0.25, 0.3) is 0 Å². The zero-order valence-electron chi connectivity index (χ0n) is 11.4. The van der Waals surface area contributed by atoms with Gasteiger partial charge in [0.2, 0.25) is 0 Å². The molecule has 1 saturated carbocycles. The number of hydrogen-bond acceptors (Lipinski definition) is 3. The SMILES string of the molecule is COc1ccc2c(c1)CCC1NCC(C3CC3)OC21. The van der Waals surface area contributed by atoms with Crippen molar-refractivity contribution in [2.45, 2.75) is 43.9 Å². The molecule has 3 atom stereocenters. The van der Waals surface area contributed by atoms with Gasteiger partial charge in [-0.3, -0.25) is 0 Å². The lowest BCUT2D eigenvalue weighted by Crippen LogP contribution is -2.50. The second kappa shape index (κ2) is 4.50. The largest absolute Gasteiger partial charge is 0.497 e. The maximum absolute atomic E-state index is 6.41. The Morgan fingerprint density at radius 3 is 2.95 bits per heavy atom. The molecule has 0 aromatic heterocycles. The summed E-state index contributed by atoms with van der Waals surface area (Å²) in [6.07, 6.45) is 5.65. The van der Waals surface area contributed by atoms with Crippen molar-refractivity contribution in [2.24, 2.45) is 5.92 Å². The third-order valence-electron chi connectivity index (χ3n) is 4.80. The summed E-state index contributed by atoms with van der Waals surface area (Å²) in [5, 5.41) is 3.71. The van der Waals surface area contributed by atoms with Crippen LogP contribution in [0.25, 0.3) is 0 Å². The van der Waals surface area contributed by atoms with E-state index in [1.807, 2.05) is 0 Å². The average Bonchev–Trinajstić information content (AvgIpc) is 3.30. The normalized spacial score (nSPS) is 33.4. The lowest BCUT2D eigenvalue weighted by molar-refractivity contribution is -0.0796. The first-order valence-electron chi connectivity index (χ1n) is 7.41. The first-order chi connectivity index (χ1) is 9.35. The Bertz CT molecular complexity index is 484. The zero-order valence-corrected chi connectivity index (χ0v) is 11.4. The highest BCUT2D eigenvalue weighted by Gasteiger charge is 2.41. The summed E-state index contributed by atoms with van der Waals surface area (Å²) >= 11 is 0. The summed E-state index contributed by atoms with van der Waals surface area (Å²) in [7, 11) is 1.73. The van der Waals surface area contributed by atoms with Gasteiger partial charge in [0.1, 0.15) is 5.75 Å². The lowest BCUT2D eigenvalue weighted by atomic mass is 9.84. The van der Waals surface area contributed by atoms with E-state index >= 15 is 0 Å². The van der Waals surface area contributed by atoms with E-state index in [9.17, 15) is 0 Å². The summed E-state index contributed by atoms with van der Waals surface area (Å²) in [6.45, 7) is 1.04. The van der Waals surface area contributed by atoms with Crippen molar-refractivity contribution in [3.63, 3.8) is 0 Å². The van der Waals surface area contributed by atoms with Crippen molar-refractivity contribution in [2.75, 3.05) is 13.7 Å². The number of benzene rings is 1. The molecule has 1 N–H and O–H groups in total. The fourth-order valence-corrected chi connectivity index (χ4v) is 3.51. The molecule has 1 saturated heterocycles. The van der Waals surface area contributed by atoms with Gasteiger partial charge >= 0.3 is 0 Å². The van der Waals surface area contributed by atoms with Crippen LogP contribution in [0.15, 0.2) is 18.2 Å². The van der Waals surface area contributed by atoms with Crippen molar-refractivity contribution in [1.29, 1.82) is 0 Å². The Kier molecular flexibility index (Phi) is 2.78. The molecule has 102 valence electrons. The van der Waals surface area contributed by atoms with E-state index in [0.717, 1.165) is 24.6 Å². The monoisotopic (exact) mass is 259 g/mol. The molecule has 1 aromatic carbocycles. The molecule has 0 radical (unpaired) electrons. The van der Waals surface area contributed by atoms with Gasteiger partial charge in [-0.2, -0.15) is 0 Å². The molecule has 1 heterocycles. The van der Waals surface area contributed by atoms with Gasteiger partial charge < -0.3 is 14.8 Å². The highest BCUT2D eigenvalue weighted by atomic mass is 16.5. The van der Waals surface area contributed by atoms with Gasteiger partial charge in [-0.1, -0.05) is 6.07 Å². The Morgan fingerprint density at radius 1 is 1.26 bits per heavy atom. The number of rotatable bonds is 2. The maximum atomic E-state index is 6.41. The Balaban J connectivity index is 1.63. The molecule has 1 aliphatic heterocycles. The van der Waals surface area contributed by atoms with E-state index in [-0.39, 0.29) is 6.10 Å². The molecule has 0 spiro atoms. The number of ether oxygens (including phenoxy) is 2. The Morgan fingerprint density at radius 2 is 2.16 bits per heavy atom. The highest BCUT2D eigenvalue weighted by Crippen LogP contribution is 2.42. The quantitative estimate of drug-likeness (QED) is 0.885. The number of nitrogens with one attached hydrogen (secondary N) is 1. The molecule has 1 aromatic rings. The van der Waals surface area contributed by atoms with Crippen LogP contribution < -0.4 is 10.1 Å². The van der Waals surface area contributed by atoms with Crippen LogP contribution in [0.2, 0.25) is 0 Å². The second-order valence-electron chi connectivity index (χ2n) is 6.05. The minimum Gasteiger partial charge on any atom is -0.497 e. The van der Waals surface area contributed by atoms with Crippen LogP contribution in [-0.2, 0) is 11.2 Å². The molecule has 4 rings (SSSR count). The van der Waals surface area contributed by atoms with Gasteiger partial charge in [0.15, 0.2) is 0 Å². The van der Waals surface area contributed by atoms with E-state index in [1.165, 1.54) is 30.4 Å². The van der Waals surface area contributed by atoms with Gasteiger partial charge in [0, 0.05) is 12.6 Å². The van der Waals surface area contributed by atoms with Crippen LogP contribution in [0.1, 0.15) is 36.5 Å². The number of fused-ring (bicyclic) bond motifs is 3. The van der Waals surface area contributed by atoms with Crippen LogP contribution in [0.4, 0.5) is 0 Å². The smallest absolute Gasteiger partial charge is 0.119 e. The van der Waals surface area contributed by atoms with Crippen LogP contribution in [0, 0.1) is 5.92 Å². The molecule has 3 nitrogen and oxygen atoms in total. The minimum absolute atomic E-state index is 0.244. The fraction of sp³-hybridized carbons (Fsp3) is 0.625. The Hall–Kier alpha value is -1.06. The standard InChI is InChI=1S/C16H21NO2/c1-18-12-5-6-13-11(8-12)4-7-14-16(13)19-15(9-17-14)10-2-3-10/h5-6,8,10,14-17H,2-4,7,9H2,1H3. The van der Waals surface area contributed by atoms with Crippen molar-refractivity contribution < 1.29 is 9.47 Å². The van der Waals surface area contributed by atoms with E-state index in [0.29, 0.717) is 12.1 Å². The molecule has 19 heavy (non-hydrogen) atoms. The van der Waals surface area contributed by atoms with Crippen molar-refractivity contribution >= 4 is 0 Å². The maximum Gasteiger partial charge on any atom is 0.119 e. The number of aryl methyl sites for hydroxylation is 1. The topological polar surface area (TPSA) is 30.5 Å². The third kappa shape index (κ3) is 2.05. The minimum atomic E-state index is 0.244. The molecule has 3 unspecified atom stereocenters. The van der Waals surface area contributed by atoms with E-state index in [2.05, 4.69) is 23.5 Å². The first-order valence-corrected chi connectivity index (χ1v) is 7.41. The molecular weight excluding hydrogens is 238 g/mol.